The molecule has 2 aliphatic rings. The first-order valence-corrected chi connectivity index (χ1v) is 12.4. The zero-order valence-electron chi connectivity index (χ0n) is 20.3. The highest BCUT2D eigenvalue weighted by atomic mass is 16.5. The molecule has 2 aromatic carbocycles. The number of hydrogen-bond donors (Lipinski definition) is 0. The first kappa shape index (κ1) is 23.3. The molecule has 2 aliphatic carbocycles. The van der Waals surface area contributed by atoms with Crippen molar-refractivity contribution in [2.75, 3.05) is 13.7 Å². The first-order chi connectivity index (χ1) is 17.1. The van der Waals surface area contributed by atoms with Crippen LogP contribution in [0.5, 0.6) is 5.75 Å². The van der Waals surface area contributed by atoms with Gasteiger partial charge in [-0.25, -0.2) is 0 Å². The van der Waals surface area contributed by atoms with Crippen LogP contribution in [0, 0.1) is 11.3 Å². The number of methoxy groups -OCH3 is 1. The Morgan fingerprint density at radius 2 is 1.83 bits per heavy atom. The quantitative estimate of drug-likeness (QED) is 0.430. The average Bonchev–Trinajstić information content (AvgIpc) is 3.62. The number of aromatic nitrogens is 1. The Labute approximate surface area is 205 Å². The number of benzene rings is 2. The fourth-order valence-corrected chi connectivity index (χ4v) is 5.38. The fraction of sp³-hybridized carbons (Fsp3) is 0.414. The third kappa shape index (κ3) is 4.49. The minimum atomic E-state index is -0.833. The summed E-state index contributed by atoms with van der Waals surface area (Å²) < 4.78 is 16.4. The minimum absolute atomic E-state index is 0.286. The highest BCUT2D eigenvalue weighted by molar-refractivity contribution is 5.91. The van der Waals surface area contributed by atoms with Crippen LogP contribution in [0.1, 0.15) is 48.6 Å². The lowest BCUT2D eigenvalue weighted by Crippen LogP contribution is -2.26. The summed E-state index contributed by atoms with van der Waals surface area (Å²) in [5.41, 5.74) is 4.93. The van der Waals surface area contributed by atoms with Gasteiger partial charge in [0.05, 0.1) is 30.6 Å². The number of fused-ring (bicyclic) bond motifs is 2. The Bertz CT molecular complexity index is 1250. The molecule has 1 saturated carbocycles. The second kappa shape index (κ2) is 9.68. The van der Waals surface area contributed by atoms with Crippen molar-refractivity contribution in [3.63, 3.8) is 0 Å². The molecule has 2 atom stereocenters. The Balaban J connectivity index is 1.32. The highest BCUT2D eigenvalue weighted by Gasteiger charge is 2.65. The summed E-state index contributed by atoms with van der Waals surface area (Å²) in [7, 11) is 1.35. The van der Waals surface area contributed by atoms with Gasteiger partial charge >= 0.3 is 11.9 Å². The number of rotatable bonds is 8. The Kier molecular flexibility index (Phi) is 6.46. The summed E-state index contributed by atoms with van der Waals surface area (Å²) >= 11 is 0. The van der Waals surface area contributed by atoms with Crippen molar-refractivity contribution >= 4 is 22.8 Å². The van der Waals surface area contributed by atoms with Crippen LogP contribution in [0.3, 0.4) is 0 Å². The van der Waals surface area contributed by atoms with E-state index in [2.05, 4.69) is 18.2 Å². The van der Waals surface area contributed by atoms with Gasteiger partial charge in [0.2, 0.25) is 0 Å². The van der Waals surface area contributed by atoms with Crippen molar-refractivity contribution in [1.82, 2.24) is 4.98 Å². The Morgan fingerprint density at radius 3 is 2.60 bits per heavy atom. The van der Waals surface area contributed by atoms with E-state index >= 15 is 0 Å². The Hall–Kier alpha value is -3.41. The van der Waals surface area contributed by atoms with E-state index in [4.69, 9.17) is 19.2 Å². The monoisotopic (exact) mass is 473 g/mol. The molecule has 0 bridgehead atoms. The van der Waals surface area contributed by atoms with Crippen LogP contribution < -0.4 is 4.74 Å². The zero-order valence-corrected chi connectivity index (χ0v) is 20.3. The maximum atomic E-state index is 12.7. The summed E-state index contributed by atoms with van der Waals surface area (Å²) in [6, 6.07) is 16.1. The summed E-state index contributed by atoms with van der Waals surface area (Å²) in [5, 5.41) is 1.16. The lowest BCUT2D eigenvalue weighted by atomic mass is 9.90. The summed E-state index contributed by atoms with van der Waals surface area (Å²) in [6.07, 6.45) is 5.33. The van der Waals surface area contributed by atoms with Gasteiger partial charge in [0.15, 0.2) is 0 Å². The minimum Gasteiger partial charge on any atom is -0.489 e. The molecule has 3 aromatic rings. The summed E-state index contributed by atoms with van der Waals surface area (Å²) in [6.45, 7) is 2.55. The van der Waals surface area contributed by atoms with Crippen LogP contribution >= 0.6 is 0 Å². The van der Waals surface area contributed by atoms with E-state index in [0.29, 0.717) is 19.4 Å². The lowest BCUT2D eigenvalue weighted by molar-refractivity contribution is -0.154. The second-order valence-electron chi connectivity index (χ2n) is 9.51. The number of nitrogens with zero attached hydrogens (tertiary/aromatic N) is 1. The van der Waals surface area contributed by atoms with E-state index in [1.165, 1.54) is 36.8 Å². The SMILES string of the molecule is CCOC(=O)C1(Cc2ccc(OCc3c4c(nc5ccccc35)CCCC4)cc2)CC1C(=O)OC. The van der Waals surface area contributed by atoms with Crippen LogP contribution in [0.15, 0.2) is 48.5 Å². The number of carbonyl (C=O) groups is 2. The van der Waals surface area contributed by atoms with Gasteiger partial charge in [-0.1, -0.05) is 30.3 Å². The van der Waals surface area contributed by atoms with E-state index in [0.717, 1.165) is 35.1 Å². The smallest absolute Gasteiger partial charge is 0.313 e. The van der Waals surface area contributed by atoms with Gasteiger partial charge in [-0.05, 0) is 74.8 Å². The average molecular weight is 474 g/mol. The topological polar surface area (TPSA) is 74.7 Å². The molecule has 182 valence electrons. The van der Waals surface area contributed by atoms with Crippen molar-refractivity contribution < 1.29 is 23.8 Å². The summed E-state index contributed by atoms with van der Waals surface area (Å²) in [4.78, 5) is 29.7. The van der Waals surface area contributed by atoms with Crippen LogP contribution in [-0.2, 0) is 44.9 Å². The standard InChI is InChI=1S/C29H31NO5/c1-3-34-28(32)29(17-24(29)27(31)33-2)16-19-12-14-20(15-13-19)35-18-23-21-8-4-6-10-25(21)30-26-11-7-5-9-22(23)26/h4,6,8,10,12-15,24H,3,5,7,9,11,16-18H2,1-2H3. The number of esters is 2. The molecular formula is C29H31NO5. The number of pyridine rings is 1. The van der Waals surface area contributed by atoms with Crippen molar-refractivity contribution in [2.45, 2.75) is 52.1 Å². The maximum Gasteiger partial charge on any atom is 0.313 e. The number of carbonyl (C=O) groups excluding carboxylic acids is 2. The molecule has 0 radical (unpaired) electrons. The predicted molar refractivity (Wildman–Crippen MR) is 132 cm³/mol. The largest absolute Gasteiger partial charge is 0.489 e. The second-order valence-corrected chi connectivity index (χ2v) is 9.51. The molecule has 0 saturated heterocycles. The molecular weight excluding hydrogens is 442 g/mol. The van der Waals surface area contributed by atoms with E-state index in [-0.39, 0.29) is 18.5 Å². The third-order valence-corrected chi connectivity index (χ3v) is 7.36. The molecule has 0 N–H and O–H groups in total. The zero-order chi connectivity index (χ0) is 24.4. The van der Waals surface area contributed by atoms with E-state index in [9.17, 15) is 9.59 Å². The first-order valence-electron chi connectivity index (χ1n) is 12.4. The Morgan fingerprint density at radius 1 is 1.06 bits per heavy atom. The molecule has 6 heteroatoms. The number of aryl methyl sites for hydroxylation is 1. The van der Waals surface area contributed by atoms with Gasteiger partial charge < -0.3 is 14.2 Å². The van der Waals surface area contributed by atoms with Gasteiger partial charge in [-0.2, -0.15) is 0 Å². The molecule has 6 nitrogen and oxygen atoms in total. The van der Waals surface area contributed by atoms with E-state index < -0.39 is 11.3 Å². The predicted octanol–water partition coefficient (Wildman–Crippen LogP) is 4.98. The van der Waals surface area contributed by atoms with Gasteiger partial charge in [0, 0.05) is 16.6 Å². The molecule has 0 amide bonds. The van der Waals surface area contributed by atoms with Crippen LogP contribution in [0.2, 0.25) is 0 Å². The van der Waals surface area contributed by atoms with Gasteiger partial charge in [0.1, 0.15) is 12.4 Å². The molecule has 1 fully saturated rings. The van der Waals surface area contributed by atoms with Crippen molar-refractivity contribution in [1.29, 1.82) is 0 Å². The normalized spacial score (nSPS) is 20.7. The number of ether oxygens (including phenoxy) is 3. The molecule has 5 rings (SSSR count). The molecule has 1 aromatic heterocycles. The molecule has 0 aliphatic heterocycles. The third-order valence-electron chi connectivity index (χ3n) is 7.36. The molecule has 2 unspecified atom stereocenters. The molecule has 1 heterocycles. The van der Waals surface area contributed by atoms with Crippen LogP contribution in [-0.4, -0.2) is 30.6 Å². The van der Waals surface area contributed by atoms with Gasteiger partial charge in [-0.15, -0.1) is 0 Å². The summed E-state index contributed by atoms with van der Waals surface area (Å²) in [5.74, 6) is -0.366. The van der Waals surface area contributed by atoms with Crippen molar-refractivity contribution in [2.24, 2.45) is 11.3 Å². The van der Waals surface area contributed by atoms with Crippen LogP contribution in [0.4, 0.5) is 0 Å². The van der Waals surface area contributed by atoms with Gasteiger partial charge in [-0.3, -0.25) is 14.6 Å². The van der Waals surface area contributed by atoms with Crippen LogP contribution in [0.25, 0.3) is 10.9 Å². The molecule has 35 heavy (non-hydrogen) atoms. The van der Waals surface area contributed by atoms with Crippen molar-refractivity contribution in [3.05, 3.63) is 70.9 Å². The number of hydrogen-bond acceptors (Lipinski definition) is 6. The lowest BCUT2D eigenvalue weighted by Gasteiger charge is -2.21. The number of para-hydroxylation sites is 1. The van der Waals surface area contributed by atoms with Crippen molar-refractivity contribution in [3.8, 4) is 5.75 Å². The maximum absolute atomic E-state index is 12.7. The molecule has 0 spiro atoms. The van der Waals surface area contributed by atoms with E-state index in [1.807, 2.05) is 30.3 Å². The van der Waals surface area contributed by atoms with Gasteiger partial charge in [0.25, 0.3) is 0 Å². The van der Waals surface area contributed by atoms with E-state index in [1.54, 1.807) is 6.92 Å². The highest BCUT2D eigenvalue weighted by Crippen LogP contribution is 2.56. The fourth-order valence-electron chi connectivity index (χ4n) is 5.38.